The first-order valence-corrected chi connectivity index (χ1v) is 5.91. The Morgan fingerprint density at radius 2 is 2.00 bits per heavy atom. The molecule has 0 amide bonds. The molecule has 0 unspecified atom stereocenters. The molecule has 3 nitrogen and oxygen atoms in total. The summed E-state index contributed by atoms with van der Waals surface area (Å²) in [5.41, 5.74) is -0.0156. The van der Waals surface area contributed by atoms with Gasteiger partial charge in [-0.3, -0.25) is 4.79 Å². The van der Waals surface area contributed by atoms with Gasteiger partial charge in [-0.2, -0.15) is 0 Å². The van der Waals surface area contributed by atoms with Crippen LogP contribution >= 0.6 is 15.9 Å². The standard InChI is InChI=1S/C13H6BrFO3/c14-9-5-7(15)4-8-10(16)6-12(18-13(8)9)11-2-1-3-17-11/h1-6H. The summed E-state index contributed by atoms with van der Waals surface area (Å²) in [5.74, 6) is 0.266. The Labute approximate surface area is 109 Å². The lowest BCUT2D eigenvalue weighted by Crippen LogP contribution is -2.01. The highest BCUT2D eigenvalue weighted by Crippen LogP contribution is 2.28. The molecule has 2 aromatic heterocycles. The van der Waals surface area contributed by atoms with Gasteiger partial charge in [-0.05, 0) is 40.2 Å². The first-order valence-electron chi connectivity index (χ1n) is 5.12. The smallest absolute Gasteiger partial charge is 0.193 e. The van der Waals surface area contributed by atoms with Gasteiger partial charge < -0.3 is 8.83 Å². The second-order valence-electron chi connectivity index (χ2n) is 3.72. The zero-order valence-electron chi connectivity index (χ0n) is 8.94. The summed E-state index contributed by atoms with van der Waals surface area (Å²) in [6.07, 6.45) is 1.49. The lowest BCUT2D eigenvalue weighted by atomic mass is 10.2. The van der Waals surface area contributed by atoms with Crippen molar-refractivity contribution in [1.29, 1.82) is 0 Å². The van der Waals surface area contributed by atoms with Crippen LogP contribution in [-0.2, 0) is 0 Å². The van der Waals surface area contributed by atoms with E-state index >= 15 is 0 Å². The van der Waals surface area contributed by atoms with Crippen LogP contribution in [0.5, 0.6) is 0 Å². The van der Waals surface area contributed by atoms with Gasteiger partial charge in [0.25, 0.3) is 0 Å². The van der Waals surface area contributed by atoms with Gasteiger partial charge in [0.05, 0.1) is 16.1 Å². The van der Waals surface area contributed by atoms with Crippen LogP contribution in [0.1, 0.15) is 0 Å². The molecule has 0 aliphatic carbocycles. The summed E-state index contributed by atoms with van der Waals surface area (Å²) in [4.78, 5) is 11.9. The van der Waals surface area contributed by atoms with Gasteiger partial charge >= 0.3 is 0 Å². The molecular formula is C13H6BrFO3. The molecule has 1 aromatic carbocycles. The van der Waals surface area contributed by atoms with E-state index in [1.54, 1.807) is 12.1 Å². The van der Waals surface area contributed by atoms with E-state index in [1.165, 1.54) is 18.4 Å². The zero-order valence-corrected chi connectivity index (χ0v) is 10.5. The molecule has 3 aromatic rings. The molecule has 0 fully saturated rings. The molecule has 0 aliphatic heterocycles. The van der Waals surface area contributed by atoms with Gasteiger partial charge in [-0.1, -0.05) is 0 Å². The minimum Gasteiger partial charge on any atom is -0.461 e. The Bertz CT molecular complexity index is 775. The number of furan rings is 1. The molecule has 5 heteroatoms. The summed E-state index contributed by atoms with van der Waals surface area (Å²) in [6.45, 7) is 0. The van der Waals surface area contributed by atoms with Crippen LogP contribution in [0.4, 0.5) is 4.39 Å². The Kier molecular flexibility index (Phi) is 2.56. The number of halogens is 2. The summed E-state index contributed by atoms with van der Waals surface area (Å²) in [7, 11) is 0. The number of hydrogen-bond acceptors (Lipinski definition) is 3. The van der Waals surface area contributed by atoms with Crippen molar-refractivity contribution in [3.05, 3.63) is 57.1 Å². The highest BCUT2D eigenvalue weighted by atomic mass is 79.9. The molecule has 0 spiro atoms. The van der Waals surface area contributed by atoms with Gasteiger partial charge in [-0.25, -0.2) is 4.39 Å². The average Bonchev–Trinajstić information content (AvgIpc) is 2.83. The molecule has 0 radical (unpaired) electrons. The fourth-order valence-electron chi connectivity index (χ4n) is 1.72. The fraction of sp³-hybridized carbons (Fsp3) is 0. The van der Waals surface area contributed by atoms with Crippen LogP contribution in [0, 0.1) is 5.82 Å². The SMILES string of the molecule is O=c1cc(-c2ccco2)oc2c(Br)cc(F)cc12. The van der Waals surface area contributed by atoms with Crippen molar-refractivity contribution in [3.63, 3.8) is 0 Å². The highest BCUT2D eigenvalue weighted by molar-refractivity contribution is 9.10. The number of fused-ring (bicyclic) bond motifs is 1. The molecule has 18 heavy (non-hydrogen) atoms. The van der Waals surface area contributed by atoms with Crippen LogP contribution in [0.25, 0.3) is 22.5 Å². The van der Waals surface area contributed by atoms with Crippen molar-refractivity contribution in [1.82, 2.24) is 0 Å². The van der Waals surface area contributed by atoms with Crippen LogP contribution < -0.4 is 5.43 Å². The van der Waals surface area contributed by atoms with Crippen molar-refractivity contribution < 1.29 is 13.2 Å². The van der Waals surface area contributed by atoms with Crippen LogP contribution in [0.2, 0.25) is 0 Å². The molecule has 90 valence electrons. The largest absolute Gasteiger partial charge is 0.461 e. The zero-order chi connectivity index (χ0) is 12.7. The molecular weight excluding hydrogens is 303 g/mol. The minimum absolute atomic E-state index is 0.192. The Morgan fingerprint density at radius 3 is 2.72 bits per heavy atom. The third kappa shape index (κ3) is 1.76. The summed E-state index contributed by atoms with van der Waals surface area (Å²) in [5, 5.41) is 0.192. The Hall–Kier alpha value is -1.88. The summed E-state index contributed by atoms with van der Waals surface area (Å²) < 4.78 is 24.3. The normalized spacial score (nSPS) is 11.0. The number of benzene rings is 1. The highest BCUT2D eigenvalue weighted by Gasteiger charge is 2.12. The first-order chi connectivity index (χ1) is 8.65. The van der Waals surface area contributed by atoms with Crippen LogP contribution in [0.15, 0.2) is 54.7 Å². The van der Waals surface area contributed by atoms with E-state index in [1.807, 2.05) is 0 Å². The molecule has 0 atom stereocenters. The quantitative estimate of drug-likeness (QED) is 0.683. The average molecular weight is 309 g/mol. The second kappa shape index (κ2) is 4.10. The third-order valence-corrected chi connectivity index (χ3v) is 3.10. The molecule has 0 bridgehead atoms. The summed E-state index contributed by atoms with van der Waals surface area (Å²) >= 11 is 3.18. The van der Waals surface area contributed by atoms with Gasteiger partial charge in [-0.15, -0.1) is 0 Å². The van der Waals surface area contributed by atoms with Crippen molar-refractivity contribution in [2.45, 2.75) is 0 Å². The van der Waals surface area contributed by atoms with Crippen molar-refractivity contribution in [2.75, 3.05) is 0 Å². The third-order valence-electron chi connectivity index (χ3n) is 2.51. The van der Waals surface area contributed by atoms with E-state index in [2.05, 4.69) is 15.9 Å². The van der Waals surface area contributed by atoms with E-state index in [0.717, 1.165) is 6.07 Å². The van der Waals surface area contributed by atoms with E-state index in [0.29, 0.717) is 21.6 Å². The minimum atomic E-state index is -0.493. The van der Waals surface area contributed by atoms with Crippen molar-refractivity contribution in [3.8, 4) is 11.5 Å². The van der Waals surface area contributed by atoms with Crippen LogP contribution in [0.3, 0.4) is 0 Å². The van der Waals surface area contributed by atoms with E-state index in [4.69, 9.17) is 8.83 Å². The first kappa shape index (κ1) is 11.2. The Morgan fingerprint density at radius 1 is 1.17 bits per heavy atom. The molecule has 0 aliphatic rings. The topological polar surface area (TPSA) is 43.4 Å². The number of rotatable bonds is 1. The predicted octanol–water partition coefficient (Wildman–Crippen LogP) is 3.95. The molecule has 0 saturated carbocycles. The maximum atomic E-state index is 13.2. The Balaban J connectivity index is 2.38. The van der Waals surface area contributed by atoms with E-state index < -0.39 is 5.82 Å². The lowest BCUT2D eigenvalue weighted by molar-refractivity contribution is 0.536. The van der Waals surface area contributed by atoms with Crippen molar-refractivity contribution in [2.24, 2.45) is 0 Å². The lowest BCUT2D eigenvalue weighted by Gasteiger charge is -2.02. The molecule has 3 rings (SSSR count). The van der Waals surface area contributed by atoms with Crippen molar-refractivity contribution >= 4 is 26.9 Å². The monoisotopic (exact) mass is 308 g/mol. The molecule has 0 saturated heterocycles. The van der Waals surface area contributed by atoms with Crippen LogP contribution in [-0.4, -0.2) is 0 Å². The van der Waals surface area contributed by atoms with Gasteiger partial charge in [0, 0.05) is 6.07 Å². The van der Waals surface area contributed by atoms with Gasteiger partial charge in [0.1, 0.15) is 5.82 Å². The summed E-state index contributed by atoms with van der Waals surface area (Å²) in [6, 6.07) is 7.06. The maximum absolute atomic E-state index is 13.2. The molecule has 0 N–H and O–H groups in total. The number of hydrogen-bond donors (Lipinski definition) is 0. The second-order valence-corrected chi connectivity index (χ2v) is 4.57. The predicted molar refractivity (Wildman–Crippen MR) is 67.8 cm³/mol. The van der Waals surface area contributed by atoms with E-state index in [9.17, 15) is 9.18 Å². The van der Waals surface area contributed by atoms with E-state index in [-0.39, 0.29) is 10.8 Å². The maximum Gasteiger partial charge on any atom is 0.193 e. The van der Waals surface area contributed by atoms with Gasteiger partial charge in [0.15, 0.2) is 22.5 Å². The fourth-order valence-corrected chi connectivity index (χ4v) is 2.24. The molecule has 2 heterocycles. The van der Waals surface area contributed by atoms with Gasteiger partial charge in [0.2, 0.25) is 0 Å².